The van der Waals surface area contributed by atoms with E-state index in [1.54, 1.807) is 11.8 Å². The fourth-order valence-electron chi connectivity index (χ4n) is 1.41. The van der Waals surface area contributed by atoms with E-state index in [2.05, 4.69) is 17.1 Å². The van der Waals surface area contributed by atoms with Crippen molar-refractivity contribution in [1.29, 1.82) is 0 Å². The van der Waals surface area contributed by atoms with Crippen molar-refractivity contribution in [3.05, 3.63) is 47.6 Å². The van der Waals surface area contributed by atoms with Crippen LogP contribution in [0, 0.1) is 0 Å². The van der Waals surface area contributed by atoms with Gasteiger partial charge in [0.15, 0.2) is 11.9 Å². The first kappa shape index (κ1) is 12.1. The van der Waals surface area contributed by atoms with Gasteiger partial charge in [-0.1, -0.05) is 42.4 Å². The van der Waals surface area contributed by atoms with Crippen molar-refractivity contribution in [3.8, 4) is 0 Å². The average Bonchev–Trinajstić information content (AvgIpc) is 2.85. The van der Waals surface area contributed by atoms with Crippen LogP contribution < -0.4 is 0 Å². The molecule has 2 rings (SSSR count). The van der Waals surface area contributed by atoms with Crippen molar-refractivity contribution in [1.82, 2.24) is 10.1 Å². The Kier molecular flexibility index (Phi) is 4.17. The number of aliphatic hydroxyl groups excluding tert-OH is 1. The highest BCUT2D eigenvalue weighted by atomic mass is 32.2. The molecule has 1 aromatic heterocycles. The molecule has 0 amide bonds. The minimum Gasteiger partial charge on any atom is -0.378 e. The summed E-state index contributed by atoms with van der Waals surface area (Å²) in [7, 11) is 0. The Hall–Kier alpha value is -1.33. The zero-order valence-electron chi connectivity index (χ0n) is 9.54. The Bertz CT molecular complexity index is 459. The molecular weight excluding hydrogens is 236 g/mol. The van der Waals surface area contributed by atoms with Gasteiger partial charge in [-0.3, -0.25) is 0 Å². The van der Waals surface area contributed by atoms with Crippen LogP contribution in [-0.2, 0) is 5.75 Å². The third-order valence-corrected chi connectivity index (χ3v) is 3.14. The zero-order chi connectivity index (χ0) is 12.1. The molecule has 0 aliphatic rings. The number of nitrogens with zero attached hydrogens (tertiary/aromatic N) is 2. The molecule has 2 aromatic rings. The lowest BCUT2D eigenvalue weighted by Gasteiger charge is -2.04. The van der Waals surface area contributed by atoms with Crippen LogP contribution in [0.15, 0.2) is 34.9 Å². The van der Waals surface area contributed by atoms with Gasteiger partial charge >= 0.3 is 0 Å². The van der Waals surface area contributed by atoms with Crippen molar-refractivity contribution in [2.75, 3.05) is 5.75 Å². The van der Waals surface area contributed by atoms with Gasteiger partial charge in [0.2, 0.25) is 0 Å². The van der Waals surface area contributed by atoms with Crippen LogP contribution >= 0.6 is 11.8 Å². The molecule has 0 aliphatic heterocycles. The number of hydrogen-bond donors (Lipinski definition) is 1. The first-order chi connectivity index (χ1) is 8.31. The lowest BCUT2D eigenvalue weighted by molar-refractivity contribution is 0.170. The molecule has 4 nitrogen and oxygen atoms in total. The van der Waals surface area contributed by atoms with E-state index >= 15 is 0 Å². The van der Waals surface area contributed by atoms with Gasteiger partial charge < -0.3 is 9.63 Å². The van der Waals surface area contributed by atoms with E-state index in [9.17, 15) is 5.11 Å². The molecule has 17 heavy (non-hydrogen) atoms. The second kappa shape index (κ2) is 5.84. The predicted molar refractivity (Wildman–Crippen MR) is 66.6 cm³/mol. The molecule has 1 unspecified atom stereocenters. The Balaban J connectivity index is 2.09. The van der Waals surface area contributed by atoms with Crippen molar-refractivity contribution >= 4 is 11.8 Å². The van der Waals surface area contributed by atoms with Crippen molar-refractivity contribution in [2.24, 2.45) is 0 Å². The van der Waals surface area contributed by atoms with Crippen LogP contribution in [-0.4, -0.2) is 21.0 Å². The minimum atomic E-state index is -0.843. The van der Waals surface area contributed by atoms with Crippen molar-refractivity contribution < 1.29 is 9.63 Å². The fourth-order valence-corrected chi connectivity index (χ4v) is 1.91. The van der Waals surface area contributed by atoms with E-state index in [4.69, 9.17) is 4.52 Å². The van der Waals surface area contributed by atoms with E-state index in [0.717, 1.165) is 11.3 Å². The molecule has 0 saturated carbocycles. The molecule has 90 valence electrons. The number of benzene rings is 1. The van der Waals surface area contributed by atoms with Gasteiger partial charge in [0.1, 0.15) is 0 Å². The van der Waals surface area contributed by atoms with Gasteiger partial charge in [-0.2, -0.15) is 16.7 Å². The molecule has 0 radical (unpaired) electrons. The average molecular weight is 250 g/mol. The summed E-state index contributed by atoms with van der Waals surface area (Å²) in [6.45, 7) is 2.07. The maximum Gasteiger partial charge on any atom is 0.260 e. The second-order valence-electron chi connectivity index (χ2n) is 3.50. The molecule has 1 atom stereocenters. The summed E-state index contributed by atoms with van der Waals surface area (Å²) in [5, 5.41) is 13.9. The quantitative estimate of drug-likeness (QED) is 0.883. The van der Waals surface area contributed by atoms with Crippen LogP contribution in [0.2, 0.25) is 0 Å². The maximum absolute atomic E-state index is 10.0. The summed E-state index contributed by atoms with van der Waals surface area (Å²) < 4.78 is 5.05. The van der Waals surface area contributed by atoms with E-state index in [-0.39, 0.29) is 5.89 Å². The van der Waals surface area contributed by atoms with E-state index in [1.807, 2.05) is 30.3 Å². The molecule has 1 aromatic carbocycles. The molecule has 0 bridgehead atoms. The fraction of sp³-hybridized carbons (Fsp3) is 0.333. The zero-order valence-corrected chi connectivity index (χ0v) is 10.4. The highest BCUT2D eigenvalue weighted by molar-refractivity contribution is 7.98. The molecule has 0 spiro atoms. The highest BCUT2D eigenvalue weighted by Crippen LogP contribution is 2.20. The lowest BCUT2D eigenvalue weighted by atomic mass is 10.1. The third-order valence-electron chi connectivity index (χ3n) is 2.27. The van der Waals surface area contributed by atoms with E-state index in [1.165, 1.54) is 0 Å². The van der Waals surface area contributed by atoms with E-state index in [0.29, 0.717) is 11.6 Å². The Morgan fingerprint density at radius 3 is 2.82 bits per heavy atom. The second-order valence-corrected chi connectivity index (χ2v) is 4.77. The Morgan fingerprint density at radius 2 is 2.12 bits per heavy atom. The molecular formula is C12H14N2O2S. The number of aromatic nitrogens is 2. The smallest absolute Gasteiger partial charge is 0.260 e. The maximum atomic E-state index is 10.0. The Morgan fingerprint density at radius 1 is 1.35 bits per heavy atom. The van der Waals surface area contributed by atoms with Gasteiger partial charge in [-0.05, 0) is 11.3 Å². The first-order valence-electron chi connectivity index (χ1n) is 5.44. The van der Waals surface area contributed by atoms with Gasteiger partial charge in [0.05, 0.1) is 5.75 Å². The minimum absolute atomic E-state index is 0.253. The summed E-state index contributed by atoms with van der Waals surface area (Å²) >= 11 is 1.72. The number of rotatable bonds is 5. The predicted octanol–water partition coefficient (Wildman–Crippen LogP) is 2.40. The lowest BCUT2D eigenvalue weighted by Crippen LogP contribution is -1.99. The normalized spacial score (nSPS) is 12.6. The van der Waals surface area contributed by atoms with Gasteiger partial charge in [0, 0.05) is 0 Å². The number of aliphatic hydroxyl groups is 1. The summed E-state index contributed by atoms with van der Waals surface area (Å²) in [5.41, 5.74) is 0.755. The molecule has 0 aliphatic carbocycles. The van der Waals surface area contributed by atoms with Crippen LogP contribution in [0.4, 0.5) is 0 Å². The Labute approximate surface area is 104 Å². The van der Waals surface area contributed by atoms with Gasteiger partial charge in [0.25, 0.3) is 5.89 Å². The van der Waals surface area contributed by atoms with Crippen LogP contribution in [0.1, 0.15) is 30.3 Å². The third kappa shape index (κ3) is 3.08. The topological polar surface area (TPSA) is 59.2 Å². The van der Waals surface area contributed by atoms with Crippen molar-refractivity contribution in [3.63, 3.8) is 0 Å². The number of thioether (sulfide) groups is 1. The number of hydrogen-bond acceptors (Lipinski definition) is 5. The molecule has 1 N–H and O–H groups in total. The van der Waals surface area contributed by atoms with Crippen LogP contribution in [0.3, 0.4) is 0 Å². The van der Waals surface area contributed by atoms with Gasteiger partial charge in [-0.15, -0.1) is 0 Å². The standard InChI is InChI=1S/C12H14N2O2S/c1-2-17-8-10-13-12(16-14-10)11(15)9-6-4-3-5-7-9/h3-7,11,15H,2,8H2,1H3. The SMILES string of the molecule is CCSCc1noc(C(O)c2ccccc2)n1. The first-order valence-corrected chi connectivity index (χ1v) is 6.60. The summed E-state index contributed by atoms with van der Waals surface area (Å²) in [5.74, 6) is 2.59. The summed E-state index contributed by atoms with van der Waals surface area (Å²) in [6, 6.07) is 9.28. The van der Waals surface area contributed by atoms with E-state index < -0.39 is 6.10 Å². The molecule has 0 fully saturated rings. The van der Waals surface area contributed by atoms with Crippen LogP contribution in [0.25, 0.3) is 0 Å². The molecule has 0 saturated heterocycles. The summed E-state index contributed by atoms with van der Waals surface area (Å²) in [4.78, 5) is 4.18. The molecule has 5 heteroatoms. The highest BCUT2D eigenvalue weighted by Gasteiger charge is 2.17. The van der Waals surface area contributed by atoms with Gasteiger partial charge in [-0.25, -0.2) is 0 Å². The molecule has 1 heterocycles. The summed E-state index contributed by atoms with van der Waals surface area (Å²) in [6.07, 6.45) is -0.843. The van der Waals surface area contributed by atoms with Crippen molar-refractivity contribution in [2.45, 2.75) is 18.8 Å². The monoisotopic (exact) mass is 250 g/mol. The van der Waals surface area contributed by atoms with Crippen LogP contribution in [0.5, 0.6) is 0 Å². The largest absolute Gasteiger partial charge is 0.378 e.